The van der Waals surface area contributed by atoms with E-state index in [0.717, 1.165) is 11.3 Å². The van der Waals surface area contributed by atoms with Gasteiger partial charge in [0.1, 0.15) is 0 Å². The molecule has 1 N–H and O–H groups in total. The number of anilines is 1. The smallest absolute Gasteiger partial charge is 0.224 e. The Morgan fingerprint density at radius 2 is 2.17 bits per heavy atom. The monoisotopic (exact) mass is 165 g/mol. The van der Waals surface area contributed by atoms with Crippen LogP contribution in [-0.4, -0.2) is 16.1 Å². The molecule has 0 atom stereocenters. The van der Waals surface area contributed by atoms with E-state index in [4.69, 9.17) is 0 Å². The lowest BCUT2D eigenvalue weighted by atomic mass is 10.3. The summed E-state index contributed by atoms with van der Waals surface area (Å²) < 4.78 is 0. The van der Waals surface area contributed by atoms with E-state index >= 15 is 0 Å². The van der Waals surface area contributed by atoms with E-state index in [1.807, 2.05) is 6.92 Å². The minimum absolute atomic E-state index is 0.00824. The van der Waals surface area contributed by atoms with Crippen molar-refractivity contribution < 1.29 is 4.79 Å². The maximum atomic E-state index is 11.0. The molecule has 4 nitrogen and oxygen atoms in total. The van der Waals surface area contributed by atoms with E-state index in [1.165, 1.54) is 0 Å². The van der Waals surface area contributed by atoms with Gasteiger partial charge >= 0.3 is 0 Å². The zero-order valence-electron chi connectivity index (χ0n) is 7.16. The Kier molecular flexibility index (Phi) is 2.74. The van der Waals surface area contributed by atoms with Gasteiger partial charge in [0.15, 0.2) is 0 Å². The fourth-order valence-electron chi connectivity index (χ4n) is 0.752. The Morgan fingerprint density at radius 1 is 1.50 bits per heavy atom. The van der Waals surface area contributed by atoms with E-state index < -0.39 is 0 Å². The molecule has 1 rings (SSSR count). The number of hydrogen-bond acceptors (Lipinski definition) is 3. The second-order valence-electron chi connectivity index (χ2n) is 2.49. The number of rotatable bonds is 2. The predicted octanol–water partition coefficient (Wildman–Crippen LogP) is 1.13. The van der Waals surface area contributed by atoms with Gasteiger partial charge in [0.05, 0.1) is 18.1 Å². The van der Waals surface area contributed by atoms with E-state index in [0.29, 0.717) is 6.42 Å². The fraction of sp³-hybridized carbons (Fsp3) is 0.375. The van der Waals surface area contributed by atoms with Gasteiger partial charge < -0.3 is 5.32 Å². The molecule has 0 saturated heterocycles. The number of nitrogens with zero attached hydrogens (tertiary/aromatic N) is 2. The van der Waals surface area contributed by atoms with Crippen molar-refractivity contribution in [1.82, 2.24) is 10.2 Å². The molecule has 0 radical (unpaired) electrons. The molecule has 0 unspecified atom stereocenters. The van der Waals surface area contributed by atoms with Crippen LogP contribution in [0.2, 0.25) is 0 Å². The predicted molar refractivity (Wildman–Crippen MR) is 45.7 cm³/mol. The van der Waals surface area contributed by atoms with Crippen LogP contribution in [0.15, 0.2) is 12.4 Å². The highest BCUT2D eigenvalue weighted by Crippen LogP contribution is 2.09. The lowest BCUT2D eigenvalue weighted by Gasteiger charge is -2.04. The van der Waals surface area contributed by atoms with Crippen molar-refractivity contribution in [3.63, 3.8) is 0 Å². The summed E-state index contributed by atoms with van der Waals surface area (Å²) in [5, 5.41) is 10.1. The minimum atomic E-state index is -0.00824. The van der Waals surface area contributed by atoms with Crippen LogP contribution in [0.25, 0.3) is 0 Å². The van der Waals surface area contributed by atoms with Crippen LogP contribution in [0, 0.1) is 6.92 Å². The maximum Gasteiger partial charge on any atom is 0.224 e. The number of aryl methyl sites for hydroxylation is 1. The van der Waals surface area contributed by atoms with Gasteiger partial charge in [-0.25, -0.2) is 0 Å². The largest absolute Gasteiger partial charge is 0.324 e. The molecule has 0 spiro atoms. The number of aromatic nitrogens is 2. The third-order valence-electron chi connectivity index (χ3n) is 1.52. The molecule has 0 aliphatic heterocycles. The van der Waals surface area contributed by atoms with Crippen LogP contribution in [-0.2, 0) is 4.79 Å². The summed E-state index contributed by atoms with van der Waals surface area (Å²) in [6, 6.07) is 0. The quantitative estimate of drug-likeness (QED) is 0.714. The average molecular weight is 165 g/mol. The van der Waals surface area contributed by atoms with E-state index in [2.05, 4.69) is 15.5 Å². The Labute approximate surface area is 71.0 Å². The van der Waals surface area contributed by atoms with Crippen LogP contribution >= 0.6 is 0 Å². The van der Waals surface area contributed by atoms with E-state index in [9.17, 15) is 4.79 Å². The third-order valence-corrected chi connectivity index (χ3v) is 1.52. The lowest BCUT2D eigenvalue weighted by Crippen LogP contribution is -2.10. The summed E-state index contributed by atoms with van der Waals surface area (Å²) in [4.78, 5) is 11.0. The Balaban J connectivity index is 2.75. The highest BCUT2D eigenvalue weighted by molar-refractivity contribution is 5.90. The normalized spacial score (nSPS) is 9.50. The Bertz CT molecular complexity index is 285. The molecule has 1 aromatic heterocycles. The van der Waals surface area contributed by atoms with Crippen LogP contribution in [0.3, 0.4) is 0 Å². The van der Waals surface area contributed by atoms with Crippen molar-refractivity contribution >= 4 is 11.6 Å². The summed E-state index contributed by atoms with van der Waals surface area (Å²) in [5.74, 6) is -0.00824. The van der Waals surface area contributed by atoms with Gasteiger partial charge in [0.2, 0.25) is 5.91 Å². The zero-order chi connectivity index (χ0) is 8.97. The highest BCUT2D eigenvalue weighted by atomic mass is 16.1. The zero-order valence-corrected chi connectivity index (χ0v) is 7.16. The number of nitrogens with one attached hydrogen (secondary N) is 1. The van der Waals surface area contributed by atoms with Crippen LogP contribution in [0.1, 0.15) is 18.9 Å². The first-order valence-corrected chi connectivity index (χ1v) is 3.81. The minimum Gasteiger partial charge on any atom is -0.324 e. The molecule has 0 fully saturated rings. The van der Waals surface area contributed by atoms with Crippen molar-refractivity contribution in [2.24, 2.45) is 0 Å². The molecule has 0 bridgehead atoms. The summed E-state index contributed by atoms with van der Waals surface area (Å²) in [7, 11) is 0. The van der Waals surface area contributed by atoms with Gasteiger partial charge in [-0.2, -0.15) is 10.2 Å². The summed E-state index contributed by atoms with van der Waals surface area (Å²) >= 11 is 0. The highest BCUT2D eigenvalue weighted by Gasteiger charge is 2.01. The Hall–Kier alpha value is -1.45. The van der Waals surface area contributed by atoms with Crippen molar-refractivity contribution in [2.45, 2.75) is 20.3 Å². The van der Waals surface area contributed by atoms with Crippen LogP contribution in [0.5, 0.6) is 0 Å². The fourth-order valence-corrected chi connectivity index (χ4v) is 0.752. The first kappa shape index (κ1) is 8.64. The van der Waals surface area contributed by atoms with Gasteiger partial charge in [-0.1, -0.05) is 6.92 Å². The molecule has 1 aromatic rings. The molecular weight excluding hydrogens is 154 g/mol. The number of carbonyl (C=O) groups excluding carboxylic acids is 1. The third kappa shape index (κ3) is 2.02. The average Bonchev–Trinajstić information content (AvgIpc) is 2.09. The molecular formula is C8H11N3O. The maximum absolute atomic E-state index is 11.0. The van der Waals surface area contributed by atoms with Crippen molar-refractivity contribution in [2.75, 3.05) is 5.32 Å². The summed E-state index contributed by atoms with van der Waals surface area (Å²) in [5.41, 5.74) is 1.66. The van der Waals surface area contributed by atoms with Crippen molar-refractivity contribution in [3.05, 3.63) is 18.0 Å². The molecule has 0 aliphatic rings. The molecule has 1 heterocycles. The van der Waals surface area contributed by atoms with E-state index in [1.54, 1.807) is 19.3 Å². The van der Waals surface area contributed by atoms with E-state index in [-0.39, 0.29) is 5.91 Å². The molecule has 0 aliphatic carbocycles. The van der Waals surface area contributed by atoms with Gasteiger partial charge in [-0.05, 0) is 12.5 Å². The van der Waals surface area contributed by atoms with Crippen molar-refractivity contribution in [1.29, 1.82) is 0 Å². The first-order valence-electron chi connectivity index (χ1n) is 3.81. The molecule has 1 amide bonds. The molecule has 64 valence electrons. The Morgan fingerprint density at radius 3 is 2.75 bits per heavy atom. The SMILES string of the molecule is CCC(=O)Nc1cnncc1C. The topological polar surface area (TPSA) is 54.9 Å². The van der Waals surface area contributed by atoms with Crippen LogP contribution in [0.4, 0.5) is 5.69 Å². The van der Waals surface area contributed by atoms with Gasteiger partial charge in [-0.15, -0.1) is 0 Å². The molecule has 0 saturated carbocycles. The lowest BCUT2D eigenvalue weighted by molar-refractivity contribution is -0.115. The first-order chi connectivity index (χ1) is 5.74. The van der Waals surface area contributed by atoms with Gasteiger partial charge in [-0.3, -0.25) is 4.79 Å². The molecule has 4 heteroatoms. The van der Waals surface area contributed by atoms with Gasteiger partial charge in [0, 0.05) is 6.42 Å². The second kappa shape index (κ2) is 3.80. The van der Waals surface area contributed by atoms with Crippen molar-refractivity contribution in [3.8, 4) is 0 Å². The summed E-state index contributed by atoms with van der Waals surface area (Å²) in [6.07, 6.45) is 3.63. The van der Waals surface area contributed by atoms with Gasteiger partial charge in [0.25, 0.3) is 0 Å². The molecule has 12 heavy (non-hydrogen) atoms. The molecule has 0 aromatic carbocycles. The van der Waals surface area contributed by atoms with Crippen LogP contribution < -0.4 is 5.32 Å². The summed E-state index contributed by atoms with van der Waals surface area (Å²) in [6.45, 7) is 3.68. The number of carbonyl (C=O) groups is 1. The number of amides is 1. The second-order valence-corrected chi connectivity index (χ2v) is 2.49. The number of hydrogen-bond donors (Lipinski definition) is 1. The standard InChI is InChI=1S/C8H11N3O/c1-3-8(12)11-7-5-10-9-4-6(7)2/h4-5H,3H2,1-2H3,(H,9,11,12).